The quantitative estimate of drug-likeness (QED) is 0.659. The molecule has 3 aromatic carbocycles. The fraction of sp³-hybridized carbons (Fsp3) is 0.0833. The number of carbonyl (C=O) groups is 3. The van der Waals surface area contributed by atoms with E-state index in [1.165, 1.54) is 36.4 Å². The Hall–Kier alpha value is -3.91. The molecule has 1 aliphatic rings. The highest BCUT2D eigenvalue weighted by atomic mass is 32.2. The molecule has 0 radical (unpaired) electrons. The number of rotatable bonds is 4. The smallest absolute Gasteiger partial charge is 0.264 e. The fourth-order valence-electron chi connectivity index (χ4n) is 3.40. The summed E-state index contributed by atoms with van der Waals surface area (Å²) in [7, 11) is -4.10. The van der Waals surface area contributed by atoms with Crippen molar-refractivity contribution in [3.63, 3.8) is 0 Å². The van der Waals surface area contributed by atoms with Crippen LogP contribution in [-0.4, -0.2) is 31.6 Å². The summed E-state index contributed by atoms with van der Waals surface area (Å²) in [4.78, 5) is 41.8. The van der Waals surface area contributed by atoms with Crippen molar-refractivity contribution in [2.45, 2.75) is 11.8 Å². The van der Waals surface area contributed by atoms with Gasteiger partial charge in [-0.25, -0.2) is 18.1 Å². The minimum absolute atomic E-state index is 0.0988. The third-order valence-electron chi connectivity index (χ3n) is 5.13. The molecular weight excluding hydrogens is 428 g/mol. The van der Waals surface area contributed by atoms with E-state index in [0.717, 1.165) is 0 Å². The standard InChI is InChI=1S/C24H18N2O5S/c1-15-21(23(28)20-10-6-5-9-19(20)22(15)27)25-17-11-13-18(14-12-17)32(30,31)26-24(29)16-7-3-2-4-8-16/h2-15H,1H3,(H,26,29). The second kappa shape index (κ2) is 8.32. The van der Waals surface area contributed by atoms with Crippen molar-refractivity contribution in [2.24, 2.45) is 10.9 Å². The van der Waals surface area contributed by atoms with Gasteiger partial charge in [0, 0.05) is 16.7 Å². The summed E-state index contributed by atoms with van der Waals surface area (Å²) in [6.45, 7) is 1.62. The number of hydrogen-bond donors (Lipinski definition) is 1. The molecule has 0 saturated carbocycles. The summed E-state index contributed by atoms with van der Waals surface area (Å²) >= 11 is 0. The van der Waals surface area contributed by atoms with Crippen LogP contribution in [0.3, 0.4) is 0 Å². The predicted octanol–water partition coefficient (Wildman–Crippen LogP) is 3.59. The highest BCUT2D eigenvalue weighted by Crippen LogP contribution is 2.26. The van der Waals surface area contributed by atoms with Crippen LogP contribution in [0, 0.1) is 5.92 Å². The van der Waals surface area contributed by atoms with Crippen LogP contribution in [0.15, 0.2) is 88.8 Å². The number of fused-ring (bicyclic) bond motifs is 1. The van der Waals surface area contributed by atoms with Gasteiger partial charge in [-0.3, -0.25) is 14.4 Å². The van der Waals surface area contributed by atoms with E-state index in [-0.39, 0.29) is 27.7 Å². The van der Waals surface area contributed by atoms with Gasteiger partial charge in [0.25, 0.3) is 15.9 Å². The lowest BCUT2D eigenvalue weighted by molar-refractivity contribution is 0.0927. The number of nitrogens with one attached hydrogen (secondary N) is 1. The Morgan fingerprint density at radius 1 is 0.844 bits per heavy atom. The molecule has 0 bridgehead atoms. The second-order valence-corrected chi connectivity index (χ2v) is 8.93. The van der Waals surface area contributed by atoms with Gasteiger partial charge in [-0.15, -0.1) is 0 Å². The summed E-state index contributed by atoms with van der Waals surface area (Å²) < 4.78 is 27.1. The van der Waals surface area contributed by atoms with Gasteiger partial charge in [0.15, 0.2) is 5.78 Å². The van der Waals surface area contributed by atoms with Crippen LogP contribution < -0.4 is 4.72 Å². The molecule has 0 spiro atoms. The molecule has 4 rings (SSSR count). The van der Waals surface area contributed by atoms with E-state index in [9.17, 15) is 22.8 Å². The molecule has 32 heavy (non-hydrogen) atoms. The highest BCUT2D eigenvalue weighted by molar-refractivity contribution is 7.90. The number of benzene rings is 3. The molecule has 1 N–H and O–H groups in total. The number of aliphatic imine (C=N–C) groups is 1. The van der Waals surface area contributed by atoms with Gasteiger partial charge in [-0.2, -0.15) is 0 Å². The maximum atomic E-state index is 12.8. The summed E-state index contributed by atoms with van der Waals surface area (Å²) in [5, 5.41) is 0. The van der Waals surface area contributed by atoms with E-state index < -0.39 is 21.8 Å². The van der Waals surface area contributed by atoms with E-state index >= 15 is 0 Å². The molecule has 0 heterocycles. The second-order valence-electron chi connectivity index (χ2n) is 7.25. The number of amides is 1. The molecule has 0 saturated heterocycles. The first-order chi connectivity index (χ1) is 15.3. The maximum absolute atomic E-state index is 12.8. The largest absolute Gasteiger partial charge is 0.293 e. The van der Waals surface area contributed by atoms with E-state index in [1.807, 2.05) is 4.72 Å². The van der Waals surface area contributed by atoms with Gasteiger partial charge in [0.2, 0.25) is 5.78 Å². The Labute approximate surface area is 184 Å². The van der Waals surface area contributed by atoms with Crippen molar-refractivity contribution >= 4 is 38.9 Å². The summed E-state index contributed by atoms with van der Waals surface area (Å²) in [6.07, 6.45) is 0. The van der Waals surface area contributed by atoms with Crippen LogP contribution in [0.1, 0.15) is 38.0 Å². The van der Waals surface area contributed by atoms with Gasteiger partial charge in [-0.1, -0.05) is 42.5 Å². The summed E-state index contributed by atoms with van der Waals surface area (Å²) in [6, 6.07) is 20.0. The Bertz CT molecular complexity index is 1360. The minimum Gasteiger partial charge on any atom is -0.293 e. The maximum Gasteiger partial charge on any atom is 0.264 e. The molecule has 160 valence electrons. The molecule has 0 aliphatic heterocycles. The zero-order valence-corrected chi connectivity index (χ0v) is 17.8. The third kappa shape index (κ3) is 4.00. The Morgan fingerprint density at radius 2 is 1.44 bits per heavy atom. The van der Waals surface area contributed by atoms with Gasteiger partial charge < -0.3 is 0 Å². The molecule has 0 aromatic heterocycles. The lowest BCUT2D eigenvalue weighted by Crippen LogP contribution is -2.35. The first-order valence-electron chi connectivity index (χ1n) is 9.77. The molecule has 1 unspecified atom stereocenters. The number of carbonyl (C=O) groups excluding carboxylic acids is 3. The minimum atomic E-state index is -4.10. The summed E-state index contributed by atoms with van der Waals surface area (Å²) in [5.41, 5.74) is 1.31. The lowest BCUT2D eigenvalue weighted by Gasteiger charge is -2.21. The number of ketones is 2. The summed E-state index contributed by atoms with van der Waals surface area (Å²) in [5.74, 6) is -1.99. The van der Waals surface area contributed by atoms with E-state index in [0.29, 0.717) is 16.8 Å². The van der Waals surface area contributed by atoms with Crippen molar-refractivity contribution in [1.82, 2.24) is 4.72 Å². The van der Waals surface area contributed by atoms with E-state index in [4.69, 9.17) is 0 Å². The van der Waals surface area contributed by atoms with Gasteiger partial charge in [-0.05, 0) is 43.3 Å². The molecule has 1 atom stereocenters. The van der Waals surface area contributed by atoms with Crippen LogP contribution in [0.2, 0.25) is 0 Å². The van der Waals surface area contributed by atoms with Crippen LogP contribution in [0.4, 0.5) is 5.69 Å². The van der Waals surface area contributed by atoms with Crippen molar-refractivity contribution in [3.8, 4) is 0 Å². The molecule has 8 heteroatoms. The average molecular weight is 446 g/mol. The SMILES string of the molecule is CC1C(=O)c2ccccc2C(=O)C1=Nc1ccc(S(=O)(=O)NC(=O)c2ccccc2)cc1. The van der Waals surface area contributed by atoms with Gasteiger partial charge in [0.1, 0.15) is 0 Å². The molecule has 7 nitrogen and oxygen atoms in total. The Balaban J connectivity index is 1.59. The molecule has 1 amide bonds. The van der Waals surface area contributed by atoms with E-state index in [1.54, 1.807) is 49.4 Å². The third-order valence-corrected chi connectivity index (χ3v) is 6.48. The van der Waals surface area contributed by atoms with Crippen molar-refractivity contribution in [2.75, 3.05) is 0 Å². The molecule has 1 aliphatic carbocycles. The lowest BCUT2D eigenvalue weighted by atomic mass is 9.81. The highest BCUT2D eigenvalue weighted by Gasteiger charge is 2.35. The van der Waals surface area contributed by atoms with Crippen LogP contribution in [-0.2, 0) is 10.0 Å². The Kier molecular flexibility index (Phi) is 5.54. The zero-order valence-electron chi connectivity index (χ0n) is 17.0. The van der Waals surface area contributed by atoms with Gasteiger partial charge >= 0.3 is 0 Å². The topological polar surface area (TPSA) is 110 Å². The number of nitrogens with zero attached hydrogens (tertiary/aromatic N) is 1. The fourth-order valence-corrected chi connectivity index (χ4v) is 4.38. The van der Waals surface area contributed by atoms with Crippen molar-refractivity contribution in [3.05, 3.63) is 95.6 Å². The number of hydrogen-bond acceptors (Lipinski definition) is 6. The molecule has 0 fully saturated rings. The van der Waals surface area contributed by atoms with Crippen LogP contribution in [0.5, 0.6) is 0 Å². The molecule has 3 aromatic rings. The number of Topliss-reactive ketones (excluding diaryl/α,β-unsaturated/α-hetero) is 2. The first kappa shape index (κ1) is 21.3. The van der Waals surface area contributed by atoms with Crippen LogP contribution in [0.25, 0.3) is 0 Å². The van der Waals surface area contributed by atoms with Crippen molar-refractivity contribution in [1.29, 1.82) is 0 Å². The molecular formula is C24H18N2O5S. The van der Waals surface area contributed by atoms with Crippen molar-refractivity contribution < 1.29 is 22.8 Å². The Morgan fingerprint density at radius 3 is 2.09 bits per heavy atom. The normalized spacial score (nSPS) is 17.2. The predicted molar refractivity (Wildman–Crippen MR) is 119 cm³/mol. The zero-order chi connectivity index (χ0) is 22.9. The van der Waals surface area contributed by atoms with Crippen LogP contribution >= 0.6 is 0 Å². The monoisotopic (exact) mass is 446 g/mol. The van der Waals surface area contributed by atoms with Gasteiger partial charge in [0.05, 0.1) is 22.2 Å². The first-order valence-corrected chi connectivity index (χ1v) is 11.2. The van der Waals surface area contributed by atoms with E-state index in [2.05, 4.69) is 4.99 Å². The number of sulfonamides is 1. The average Bonchev–Trinajstić information content (AvgIpc) is 2.81.